The van der Waals surface area contributed by atoms with E-state index in [1.807, 2.05) is 24.3 Å². The first-order valence-electron chi connectivity index (χ1n) is 12.2. The third-order valence-electron chi connectivity index (χ3n) is 7.22. The van der Waals surface area contributed by atoms with E-state index in [9.17, 15) is 18.8 Å². The van der Waals surface area contributed by atoms with Crippen LogP contribution in [0.1, 0.15) is 64.4 Å². The second-order valence-corrected chi connectivity index (χ2v) is 10.5. The summed E-state index contributed by atoms with van der Waals surface area (Å²) in [7, 11) is 0. The number of rotatable bonds is 3. The molecule has 6 rings (SSSR count). The highest BCUT2D eigenvalue weighted by Crippen LogP contribution is 2.51. The number of dihydropyridines is 1. The molecule has 1 aliphatic heterocycles. The SMILES string of the molecule is CC1(C)CC(=O)C2=C(C1)NC1=C(C(=O)c3ccccc31)[C@@H]2c1cccc(OC(=O)c2ccccc2F)c1. The van der Waals surface area contributed by atoms with Gasteiger partial charge in [0, 0.05) is 40.3 Å². The van der Waals surface area contributed by atoms with Crippen LogP contribution in [0.3, 0.4) is 0 Å². The van der Waals surface area contributed by atoms with Crippen molar-refractivity contribution in [2.24, 2.45) is 5.41 Å². The molecule has 3 aromatic carbocycles. The molecule has 0 unspecified atom stereocenters. The summed E-state index contributed by atoms with van der Waals surface area (Å²) in [6.45, 7) is 4.12. The van der Waals surface area contributed by atoms with Crippen LogP contribution < -0.4 is 10.1 Å². The van der Waals surface area contributed by atoms with E-state index < -0.39 is 17.7 Å². The Labute approximate surface area is 213 Å². The van der Waals surface area contributed by atoms with Crippen molar-refractivity contribution in [2.45, 2.75) is 32.6 Å². The number of ether oxygens (including phenoxy) is 1. The zero-order valence-electron chi connectivity index (χ0n) is 20.4. The smallest absolute Gasteiger partial charge is 0.346 e. The zero-order chi connectivity index (χ0) is 25.9. The predicted molar refractivity (Wildman–Crippen MR) is 136 cm³/mol. The Bertz CT molecular complexity index is 1580. The topological polar surface area (TPSA) is 72.5 Å². The summed E-state index contributed by atoms with van der Waals surface area (Å²) in [5, 5.41) is 3.45. The minimum atomic E-state index is -0.819. The van der Waals surface area contributed by atoms with Crippen LogP contribution in [0.5, 0.6) is 5.75 Å². The molecule has 0 spiro atoms. The normalized spacial score (nSPS) is 19.7. The van der Waals surface area contributed by atoms with Gasteiger partial charge in [-0.05, 0) is 41.7 Å². The van der Waals surface area contributed by atoms with Crippen LogP contribution >= 0.6 is 0 Å². The highest BCUT2D eigenvalue weighted by molar-refractivity contribution is 6.23. The molecule has 37 heavy (non-hydrogen) atoms. The molecule has 1 heterocycles. The van der Waals surface area contributed by atoms with Gasteiger partial charge < -0.3 is 10.1 Å². The van der Waals surface area contributed by atoms with Gasteiger partial charge in [0.05, 0.1) is 11.3 Å². The van der Waals surface area contributed by atoms with E-state index in [1.165, 1.54) is 18.2 Å². The maximum atomic E-state index is 14.1. The number of carbonyl (C=O) groups excluding carboxylic acids is 3. The van der Waals surface area contributed by atoms with Gasteiger partial charge in [-0.3, -0.25) is 9.59 Å². The number of fused-ring (bicyclic) bond motifs is 2. The molecule has 0 amide bonds. The quantitative estimate of drug-likeness (QED) is 0.359. The summed E-state index contributed by atoms with van der Waals surface area (Å²) < 4.78 is 19.6. The van der Waals surface area contributed by atoms with Crippen LogP contribution in [0.2, 0.25) is 0 Å². The molecule has 0 saturated carbocycles. The Kier molecular flexibility index (Phi) is 5.23. The Morgan fingerprint density at radius 2 is 1.65 bits per heavy atom. The number of halogens is 1. The number of hydrogen-bond donors (Lipinski definition) is 1. The van der Waals surface area contributed by atoms with E-state index in [4.69, 9.17) is 4.74 Å². The lowest BCUT2D eigenvalue weighted by Gasteiger charge is -2.39. The molecule has 0 fully saturated rings. The van der Waals surface area contributed by atoms with Crippen molar-refractivity contribution in [3.05, 3.63) is 118 Å². The lowest BCUT2D eigenvalue weighted by molar-refractivity contribution is -0.118. The fraction of sp³-hybridized carbons (Fsp3) is 0.194. The van der Waals surface area contributed by atoms with Gasteiger partial charge in [-0.2, -0.15) is 0 Å². The largest absolute Gasteiger partial charge is 0.423 e. The van der Waals surface area contributed by atoms with Gasteiger partial charge in [0.25, 0.3) is 0 Å². The summed E-state index contributed by atoms with van der Waals surface area (Å²) in [6, 6.07) is 19.9. The average Bonchev–Trinajstić information content (AvgIpc) is 3.14. The molecule has 3 aromatic rings. The average molecular weight is 494 g/mol. The number of Topliss-reactive ketones (excluding diaryl/α,β-unsaturated/α-hetero) is 2. The lowest BCUT2D eigenvalue weighted by atomic mass is 9.68. The first-order chi connectivity index (χ1) is 17.7. The summed E-state index contributed by atoms with van der Waals surface area (Å²) >= 11 is 0. The van der Waals surface area contributed by atoms with Gasteiger partial charge in [0.1, 0.15) is 11.6 Å². The summed E-state index contributed by atoms with van der Waals surface area (Å²) in [6.07, 6.45) is 1.04. The first kappa shape index (κ1) is 23.1. The first-order valence-corrected chi connectivity index (χ1v) is 12.2. The molecular formula is C31H24FNO4. The molecule has 6 heteroatoms. The van der Waals surface area contributed by atoms with Crippen LogP contribution in [0.15, 0.2) is 89.6 Å². The van der Waals surface area contributed by atoms with Crippen molar-refractivity contribution in [1.82, 2.24) is 5.32 Å². The Hall–Kier alpha value is -4.32. The van der Waals surface area contributed by atoms with E-state index >= 15 is 0 Å². The highest BCUT2D eigenvalue weighted by atomic mass is 19.1. The van der Waals surface area contributed by atoms with Crippen LogP contribution in [-0.2, 0) is 4.79 Å². The number of ketones is 2. The molecule has 2 aliphatic carbocycles. The van der Waals surface area contributed by atoms with E-state index in [2.05, 4.69) is 19.2 Å². The van der Waals surface area contributed by atoms with E-state index in [-0.39, 0.29) is 28.3 Å². The molecule has 0 bridgehead atoms. The highest BCUT2D eigenvalue weighted by Gasteiger charge is 2.46. The van der Waals surface area contributed by atoms with Crippen LogP contribution in [0, 0.1) is 11.2 Å². The molecule has 1 N–H and O–H groups in total. The zero-order valence-corrected chi connectivity index (χ0v) is 20.4. The maximum Gasteiger partial charge on any atom is 0.346 e. The molecular weight excluding hydrogens is 469 g/mol. The van der Waals surface area contributed by atoms with E-state index in [1.54, 1.807) is 30.3 Å². The third kappa shape index (κ3) is 3.80. The lowest BCUT2D eigenvalue weighted by Crippen LogP contribution is -2.37. The summed E-state index contributed by atoms with van der Waals surface area (Å²) in [5.74, 6) is -2.02. The van der Waals surface area contributed by atoms with Gasteiger partial charge in [-0.1, -0.05) is 62.4 Å². The van der Waals surface area contributed by atoms with Crippen molar-refractivity contribution < 1.29 is 23.5 Å². The number of hydrogen-bond acceptors (Lipinski definition) is 5. The molecule has 3 aliphatic rings. The van der Waals surface area contributed by atoms with Gasteiger partial charge in [-0.15, -0.1) is 0 Å². The minimum absolute atomic E-state index is 0.00666. The van der Waals surface area contributed by atoms with Gasteiger partial charge >= 0.3 is 5.97 Å². The Morgan fingerprint density at radius 1 is 0.919 bits per heavy atom. The van der Waals surface area contributed by atoms with Crippen molar-refractivity contribution in [3.8, 4) is 5.75 Å². The monoisotopic (exact) mass is 493 g/mol. The maximum absolute atomic E-state index is 14.1. The molecule has 0 aromatic heterocycles. The molecule has 0 radical (unpaired) electrons. The number of benzene rings is 3. The third-order valence-corrected chi connectivity index (χ3v) is 7.22. The van der Waals surface area contributed by atoms with Crippen molar-refractivity contribution in [3.63, 3.8) is 0 Å². The van der Waals surface area contributed by atoms with Gasteiger partial charge in [-0.25, -0.2) is 9.18 Å². The van der Waals surface area contributed by atoms with Crippen LogP contribution in [-0.4, -0.2) is 17.5 Å². The molecule has 184 valence electrons. The standard InChI is InChI=1S/C31H24FNO4/c1-31(2)15-23-26(24(34)16-31)25(27-28(33-23)19-10-3-4-11-20(19)29(27)35)17-8-7-9-18(14-17)37-30(36)21-12-5-6-13-22(21)32/h3-14,25,33H,15-16H2,1-2H3/t25-/m1/s1. The van der Waals surface area contributed by atoms with Crippen LogP contribution in [0.25, 0.3) is 5.70 Å². The van der Waals surface area contributed by atoms with E-state index in [0.717, 1.165) is 17.0 Å². The Morgan fingerprint density at radius 3 is 2.43 bits per heavy atom. The van der Waals surface area contributed by atoms with Gasteiger partial charge in [0.15, 0.2) is 11.6 Å². The molecule has 5 nitrogen and oxygen atoms in total. The fourth-order valence-corrected chi connectivity index (χ4v) is 5.67. The van der Waals surface area contributed by atoms with Crippen LogP contribution in [0.4, 0.5) is 4.39 Å². The fourth-order valence-electron chi connectivity index (χ4n) is 5.67. The molecule has 0 saturated heterocycles. The Balaban J connectivity index is 1.46. The van der Waals surface area contributed by atoms with Gasteiger partial charge in [0.2, 0.25) is 0 Å². The predicted octanol–water partition coefficient (Wildman–Crippen LogP) is 5.98. The van der Waals surface area contributed by atoms with Crippen molar-refractivity contribution in [1.29, 1.82) is 0 Å². The number of carbonyl (C=O) groups is 3. The molecule has 1 atom stereocenters. The summed E-state index contributed by atoms with van der Waals surface area (Å²) in [4.78, 5) is 39.8. The second-order valence-electron chi connectivity index (χ2n) is 10.5. The van der Waals surface area contributed by atoms with Crippen molar-refractivity contribution >= 4 is 23.2 Å². The summed E-state index contributed by atoms with van der Waals surface area (Å²) in [5.41, 5.74) is 4.33. The van der Waals surface area contributed by atoms with Crippen molar-refractivity contribution in [2.75, 3.05) is 0 Å². The number of allylic oxidation sites excluding steroid dienone is 3. The second kappa shape index (κ2) is 8.37. The minimum Gasteiger partial charge on any atom is -0.423 e. The van der Waals surface area contributed by atoms with E-state index in [0.29, 0.717) is 35.1 Å². The number of esters is 1. The number of nitrogens with one attached hydrogen (secondary N) is 1.